The Morgan fingerprint density at radius 1 is 1.52 bits per heavy atom. The Bertz CT molecular complexity index is 586. The summed E-state index contributed by atoms with van der Waals surface area (Å²) in [5.41, 5.74) is 1.20. The normalized spacial score (nSPS) is 19.7. The van der Waals surface area contributed by atoms with E-state index in [0.29, 0.717) is 30.8 Å². The van der Waals surface area contributed by atoms with E-state index in [9.17, 15) is 14.0 Å². The third-order valence-electron chi connectivity index (χ3n) is 3.41. The number of carbonyl (C=O) groups is 2. The van der Waals surface area contributed by atoms with Crippen molar-refractivity contribution in [1.29, 1.82) is 0 Å². The lowest BCUT2D eigenvalue weighted by molar-refractivity contribution is -0.131. The number of rotatable bonds is 4. The predicted molar refractivity (Wildman–Crippen MR) is 76.0 cm³/mol. The van der Waals surface area contributed by atoms with E-state index in [-0.39, 0.29) is 11.9 Å². The molecule has 1 heterocycles. The minimum absolute atomic E-state index is 0.0383. The number of carbonyl (C=O) groups excluding carboxylic acids is 1. The van der Waals surface area contributed by atoms with Crippen LogP contribution < -0.4 is 5.32 Å². The molecule has 1 unspecified atom stereocenters. The molecule has 1 aliphatic heterocycles. The van der Waals surface area contributed by atoms with Gasteiger partial charge in [-0.05, 0) is 36.3 Å². The lowest BCUT2D eigenvalue weighted by atomic mass is 10.1. The summed E-state index contributed by atoms with van der Waals surface area (Å²) in [5, 5.41) is 11.4. The van der Waals surface area contributed by atoms with Crippen molar-refractivity contribution in [2.45, 2.75) is 19.5 Å². The van der Waals surface area contributed by atoms with Crippen molar-refractivity contribution < 1.29 is 19.1 Å². The van der Waals surface area contributed by atoms with Crippen LogP contribution in [0.2, 0.25) is 0 Å². The molecule has 6 heteroatoms. The summed E-state index contributed by atoms with van der Waals surface area (Å²) in [6.45, 7) is 3.52. The van der Waals surface area contributed by atoms with Crippen LogP contribution >= 0.6 is 0 Å². The summed E-state index contributed by atoms with van der Waals surface area (Å²) in [6, 6.07) is 4.13. The maximum absolute atomic E-state index is 13.6. The fraction of sp³-hybridized carbons (Fsp3) is 0.333. The molecule has 1 amide bonds. The molecule has 1 atom stereocenters. The van der Waals surface area contributed by atoms with E-state index in [2.05, 4.69) is 5.32 Å². The van der Waals surface area contributed by atoms with Crippen LogP contribution in [-0.2, 0) is 16.1 Å². The first-order valence-electron chi connectivity index (χ1n) is 6.68. The van der Waals surface area contributed by atoms with E-state index in [0.717, 1.165) is 6.08 Å². The summed E-state index contributed by atoms with van der Waals surface area (Å²) >= 11 is 0. The van der Waals surface area contributed by atoms with Crippen LogP contribution in [0, 0.1) is 5.82 Å². The highest BCUT2D eigenvalue weighted by molar-refractivity contribution is 5.85. The number of carboxylic acid groups (broad SMARTS) is 1. The van der Waals surface area contributed by atoms with Crippen LogP contribution in [0.5, 0.6) is 0 Å². The Balaban J connectivity index is 2.16. The molecule has 1 saturated heterocycles. The minimum atomic E-state index is -1.08. The van der Waals surface area contributed by atoms with Gasteiger partial charge in [-0.25, -0.2) is 9.18 Å². The average Bonchev–Trinajstić information content (AvgIpc) is 2.41. The monoisotopic (exact) mass is 292 g/mol. The van der Waals surface area contributed by atoms with Gasteiger partial charge in [0.25, 0.3) is 0 Å². The molecule has 1 aromatic carbocycles. The van der Waals surface area contributed by atoms with Gasteiger partial charge in [0.1, 0.15) is 5.82 Å². The first-order chi connectivity index (χ1) is 9.95. The first-order valence-corrected chi connectivity index (χ1v) is 6.68. The third-order valence-corrected chi connectivity index (χ3v) is 3.41. The lowest BCUT2D eigenvalue weighted by Crippen LogP contribution is -2.53. The molecular weight excluding hydrogens is 275 g/mol. The van der Waals surface area contributed by atoms with E-state index in [1.807, 2.05) is 4.90 Å². The molecule has 0 aliphatic carbocycles. The molecule has 0 radical (unpaired) electrons. The zero-order valence-corrected chi connectivity index (χ0v) is 11.7. The molecule has 5 nitrogen and oxygen atoms in total. The van der Waals surface area contributed by atoms with Gasteiger partial charge in [0, 0.05) is 25.7 Å². The van der Waals surface area contributed by atoms with E-state index in [4.69, 9.17) is 5.11 Å². The SMILES string of the molecule is CC1C(=O)NCCN1Cc1cc(F)cc(C=CC(=O)O)c1. The number of piperazine rings is 1. The van der Waals surface area contributed by atoms with E-state index in [1.54, 1.807) is 13.0 Å². The Hall–Kier alpha value is -2.21. The largest absolute Gasteiger partial charge is 0.478 e. The number of nitrogens with one attached hydrogen (secondary N) is 1. The Morgan fingerprint density at radius 3 is 3.00 bits per heavy atom. The number of nitrogens with zero attached hydrogens (tertiary/aromatic N) is 1. The van der Waals surface area contributed by atoms with Gasteiger partial charge in [-0.1, -0.05) is 6.07 Å². The number of amides is 1. The number of aliphatic carboxylic acids is 1. The number of halogens is 1. The highest BCUT2D eigenvalue weighted by Gasteiger charge is 2.25. The van der Waals surface area contributed by atoms with Crippen LogP contribution in [-0.4, -0.2) is 41.0 Å². The van der Waals surface area contributed by atoms with Gasteiger partial charge < -0.3 is 10.4 Å². The fourth-order valence-electron chi connectivity index (χ4n) is 2.31. The minimum Gasteiger partial charge on any atom is -0.478 e. The first kappa shape index (κ1) is 15.2. The summed E-state index contributed by atoms with van der Waals surface area (Å²) in [4.78, 5) is 24.1. The molecular formula is C15H17FN2O3. The highest BCUT2D eigenvalue weighted by atomic mass is 19.1. The zero-order chi connectivity index (χ0) is 15.4. The topological polar surface area (TPSA) is 69.6 Å². The molecule has 21 heavy (non-hydrogen) atoms. The second kappa shape index (κ2) is 6.49. The second-order valence-electron chi connectivity index (χ2n) is 5.00. The smallest absolute Gasteiger partial charge is 0.328 e. The Morgan fingerprint density at radius 2 is 2.29 bits per heavy atom. The van der Waals surface area contributed by atoms with Gasteiger partial charge in [-0.3, -0.25) is 9.69 Å². The quantitative estimate of drug-likeness (QED) is 0.819. The van der Waals surface area contributed by atoms with Crippen molar-refractivity contribution >= 4 is 18.0 Å². The second-order valence-corrected chi connectivity index (χ2v) is 5.00. The Kier molecular flexibility index (Phi) is 4.70. The standard InChI is InChI=1S/C15H17FN2O3/c1-10-15(21)17-4-5-18(10)9-12-6-11(2-3-14(19)20)7-13(16)8-12/h2-3,6-8,10H,4-5,9H2,1H3,(H,17,21)(H,19,20). The van der Waals surface area contributed by atoms with Gasteiger partial charge in [-0.2, -0.15) is 0 Å². The number of carboxylic acids is 1. The molecule has 0 aromatic heterocycles. The summed E-state index contributed by atoms with van der Waals surface area (Å²) in [5.74, 6) is -1.54. The van der Waals surface area contributed by atoms with Crippen molar-refractivity contribution in [3.05, 3.63) is 41.2 Å². The van der Waals surface area contributed by atoms with E-state index >= 15 is 0 Å². The van der Waals surface area contributed by atoms with Crippen molar-refractivity contribution in [3.8, 4) is 0 Å². The van der Waals surface area contributed by atoms with Crippen LogP contribution in [0.1, 0.15) is 18.1 Å². The summed E-state index contributed by atoms with van der Waals surface area (Å²) in [6.07, 6.45) is 2.32. The number of hydrogen-bond acceptors (Lipinski definition) is 3. The van der Waals surface area contributed by atoms with Crippen molar-refractivity contribution in [2.24, 2.45) is 0 Å². The van der Waals surface area contributed by atoms with Crippen LogP contribution in [0.4, 0.5) is 4.39 Å². The molecule has 0 saturated carbocycles. The van der Waals surface area contributed by atoms with Crippen molar-refractivity contribution in [3.63, 3.8) is 0 Å². The lowest BCUT2D eigenvalue weighted by Gasteiger charge is -2.32. The highest BCUT2D eigenvalue weighted by Crippen LogP contribution is 2.15. The average molecular weight is 292 g/mol. The number of benzene rings is 1. The van der Waals surface area contributed by atoms with Crippen molar-refractivity contribution in [1.82, 2.24) is 10.2 Å². The van der Waals surface area contributed by atoms with E-state index in [1.165, 1.54) is 18.2 Å². The van der Waals surface area contributed by atoms with Gasteiger partial charge in [0.2, 0.25) is 5.91 Å². The van der Waals surface area contributed by atoms with Crippen molar-refractivity contribution in [2.75, 3.05) is 13.1 Å². The molecule has 1 aromatic rings. The summed E-state index contributed by atoms with van der Waals surface area (Å²) < 4.78 is 13.6. The molecule has 0 spiro atoms. The molecule has 2 rings (SSSR count). The van der Waals surface area contributed by atoms with Crippen LogP contribution in [0.15, 0.2) is 24.3 Å². The van der Waals surface area contributed by atoms with Gasteiger partial charge in [-0.15, -0.1) is 0 Å². The molecule has 1 fully saturated rings. The fourth-order valence-corrected chi connectivity index (χ4v) is 2.31. The molecule has 112 valence electrons. The molecule has 2 N–H and O–H groups in total. The van der Waals surface area contributed by atoms with Crippen LogP contribution in [0.3, 0.4) is 0 Å². The van der Waals surface area contributed by atoms with E-state index < -0.39 is 11.8 Å². The molecule has 1 aliphatic rings. The van der Waals surface area contributed by atoms with Crippen LogP contribution in [0.25, 0.3) is 6.08 Å². The maximum atomic E-state index is 13.6. The zero-order valence-electron chi connectivity index (χ0n) is 11.7. The molecule has 0 bridgehead atoms. The van der Waals surface area contributed by atoms with Gasteiger partial charge in [0.15, 0.2) is 0 Å². The van der Waals surface area contributed by atoms with Gasteiger partial charge in [0.05, 0.1) is 6.04 Å². The number of hydrogen-bond donors (Lipinski definition) is 2. The van der Waals surface area contributed by atoms with Gasteiger partial charge >= 0.3 is 5.97 Å². The third kappa shape index (κ3) is 4.13. The predicted octanol–water partition coefficient (Wildman–Crippen LogP) is 1.24. The summed E-state index contributed by atoms with van der Waals surface area (Å²) in [7, 11) is 0. The Labute approximate surface area is 122 Å². The maximum Gasteiger partial charge on any atom is 0.328 e.